The Bertz CT molecular complexity index is 633. The van der Waals surface area contributed by atoms with Gasteiger partial charge in [0.15, 0.2) is 5.76 Å². The normalized spacial score (nSPS) is 16.3. The van der Waals surface area contributed by atoms with Crippen molar-refractivity contribution in [2.24, 2.45) is 0 Å². The topological polar surface area (TPSA) is 88.2 Å². The van der Waals surface area contributed by atoms with Crippen molar-refractivity contribution in [2.75, 3.05) is 0 Å². The molecule has 6 heteroatoms. The van der Waals surface area contributed by atoms with Gasteiger partial charge in [-0.1, -0.05) is 5.16 Å². The summed E-state index contributed by atoms with van der Waals surface area (Å²) in [5, 5.41) is 16.7. The number of amides is 1. The lowest BCUT2D eigenvalue weighted by molar-refractivity contribution is 0.0904. The highest BCUT2D eigenvalue weighted by molar-refractivity contribution is 6.01. The van der Waals surface area contributed by atoms with Gasteiger partial charge < -0.3 is 14.9 Å². The molecular weight excluding hydrogens is 270 g/mol. The predicted molar refractivity (Wildman–Crippen MR) is 75.5 cm³/mol. The van der Waals surface area contributed by atoms with E-state index in [-0.39, 0.29) is 17.7 Å². The van der Waals surface area contributed by atoms with Crippen LogP contribution in [0.5, 0.6) is 0 Å². The van der Waals surface area contributed by atoms with Crippen LogP contribution in [0.1, 0.15) is 48.4 Å². The Morgan fingerprint density at radius 3 is 2.90 bits per heavy atom. The SMILES string of the molecule is C[C@H](O)c1onc(-c2cccnc2)c1C(=O)NC1CCC1. The Labute approximate surface area is 122 Å². The number of nitrogens with one attached hydrogen (secondary N) is 1. The van der Waals surface area contributed by atoms with Gasteiger partial charge in [0.05, 0.1) is 0 Å². The van der Waals surface area contributed by atoms with E-state index in [1.54, 1.807) is 31.5 Å². The third kappa shape index (κ3) is 2.67. The third-order valence-electron chi connectivity index (χ3n) is 3.70. The fraction of sp³-hybridized carbons (Fsp3) is 0.400. The summed E-state index contributed by atoms with van der Waals surface area (Å²) in [7, 11) is 0. The second kappa shape index (κ2) is 5.65. The summed E-state index contributed by atoms with van der Waals surface area (Å²) in [4.78, 5) is 16.5. The summed E-state index contributed by atoms with van der Waals surface area (Å²) in [6, 6.07) is 3.77. The van der Waals surface area contributed by atoms with Gasteiger partial charge in [0.25, 0.3) is 5.91 Å². The van der Waals surface area contributed by atoms with Crippen LogP contribution in [0, 0.1) is 0 Å². The Morgan fingerprint density at radius 2 is 2.33 bits per heavy atom. The van der Waals surface area contributed by atoms with Crippen LogP contribution in [0.4, 0.5) is 0 Å². The molecule has 1 saturated carbocycles. The zero-order valence-electron chi connectivity index (χ0n) is 11.7. The smallest absolute Gasteiger partial charge is 0.257 e. The molecule has 6 nitrogen and oxygen atoms in total. The maximum Gasteiger partial charge on any atom is 0.257 e. The summed E-state index contributed by atoms with van der Waals surface area (Å²) in [6.07, 6.45) is 5.47. The molecule has 1 atom stereocenters. The van der Waals surface area contributed by atoms with E-state index in [1.165, 1.54) is 0 Å². The van der Waals surface area contributed by atoms with Gasteiger partial charge in [-0.2, -0.15) is 0 Å². The van der Waals surface area contributed by atoms with Crippen molar-refractivity contribution in [3.63, 3.8) is 0 Å². The summed E-state index contributed by atoms with van der Waals surface area (Å²) < 4.78 is 5.18. The molecule has 0 saturated heterocycles. The van der Waals surface area contributed by atoms with Crippen molar-refractivity contribution in [1.29, 1.82) is 0 Å². The molecule has 0 unspecified atom stereocenters. The third-order valence-corrected chi connectivity index (χ3v) is 3.70. The van der Waals surface area contributed by atoms with E-state index in [0.717, 1.165) is 19.3 Å². The lowest BCUT2D eigenvalue weighted by atomic mass is 9.92. The first-order valence-corrected chi connectivity index (χ1v) is 7.05. The first-order valence-electron chi connectivity index (χ1n) is 7.05. The summed E-state index contributed by atoms with van der Waals surface area (Å²) in [5.41, 5.74) is 1.40. The highest BCUT2D eigenvalue weighted by Crippen LogP contribution is 2.29. The second-order valence-corrected chi connectivity index (χ2v) is 5.29. The standard InChI is InChI=1S/C15H17N3O3/c1-9(19)14-12(15(20)17-11-5-2-6-11)13(18-21-14)10-4-3-7-16-8-10/h3-4,7-9,11,19H,2,5-6H2,1H3,(H,17,20)/t9-/m0/s1. The number of rotatable bonds is 4. The van der Waals surface area contributed by atoms with Crippen LogP contribution in [0.3, 0.4) is 0 Å². The van der Waals surface area contributed by atoms with Crippen molar-refractivity contribution in [3.8, 4) is 11.3 Å². The monoisotopic (exact) mass is 287 g/mol. The van der Waals surface area contributed by atoms with Crippen LogP contribution in [0.2, 0.25) is 0 Å². The quantitative estimate of drug-likeness (QED) is 0.898. The minimum absolute atomic E-state index is 0.186. The van der Waals surface area contributed by atoms with E-state index >= 15 is 0 Å². The van der Waals surface area contributed by atoms with Gasteiger partial charge in [-0.05, 0) is 38.3 Å². The Hall–Kier alpha value is -2.21. The van der Waals surface area contributed by atoms with E-state index in [4.69, 9.17) is 4.52 Å². The number of hydrogen-bond acceptors (Lipinski definition) is 5. The zero-order valence-corrected chi connectivity index (χ0v) is 11.7. The zero-order chi connectivity index (χ0) is 14.8. The van der Waals surface area contributed by atoms with Crippen molar-refractivity contribution in [3.05, 3.63) is 35.9 Å². The van der Waals surface area contributed by atoms with Crippen molar-refractivity contribution < 1.29 is 14.4 Å². The molecule has 2 aromatic rings. The second-order valence-electron chi connectivity index (χ2n) is 5.29. The predicted octanol–water partition coefficient (Wildman–Crippen LogP) is 2.07. The summed E-state index contributed by atoms with van der Waals surface area (Å²) >= 11 is 0. The van der Waals surface area contributed by atoms with Gasteiger partial charge in [-0.25, -0.2) is 0 Å². The highest BCUT2D eigenvalue weighted by Gasteiger charge is 2.29. The summed E-state index contributed by atoms with van der Waals surface area (Å²) in [6.45, 7) is 1.55. The Kier molecular flexibility index (Phi) is 3.70. The first kappa shape index (κ1) is 13.8. The van der Waals surface area contributed by atoms with Gasteiger partial charge in [0.2, 0.25) is 0 Å². The van der Waals surface area contributed by atoms with E-state index < -0.39 is 6.10 Å². The number of aromatic nitrogens is 2. The molecule has 2 heterocycles. The molecular formula is C15H17N3O3. The molecule has 0 aromatic carbocycles. The largest absolute Gasteiger partial charge is 0.385 e. The van der Waals surface area contributed by atoms with Crippen molar-refractivity contribution in [1.82, 2.24) is 15.5 Å². The number of carbonyl (C=O) groups excluding carboxylic acids is 1. The molecule has 21 heavy (non-hydrogen) atoms. The average molecular weight is 287 g/mol. The molecule has 1 aliphatic rings. The fourth-order valence-electron chi connectivity index (χ4n) is 2.32. The van der Waals surface area contributed by atoms with Gasteiger partial charge in [0.1, 0.15) is 17.4 Å². The molecule has 2 N–H and O–H groups in total. The molecule has 3 rings (SSSR count). The molecule has 1 fully saturated rings. The van der Waals surface area contributed by atoms with E-state index in [1.807, 2.05) is 0 Å². The number of hydrogen-bond donors (Lipinski definition) is 2. The van der Waals surface area contributed by atoms with Crippen LogP contribution in [0.15, 0.2) is 29.0 Å². The molecule has 110 valence electrons. The number of pyridine rings is 1. The Morgan fingerprint density at radius 1 is 1.52 bits per heavy atom. The average Bonchev–Trinajstić information content (AvgIpc) is 2.88. The molecule has 2 aromatic heterocycles. The van der Waals surface area contributed by atoms with Gasteiger partial charge in [0, 0.05) is 24.0 Å². The molecule has 0 spiro atoms. The Balaban J connectivity index is 1.98. The van der Waals surface area contributed by atoms with Crippen molar-refractivity contribution in [2.45, 2.75) is 38.3 Å². The minimum atomic E-state index is -0.898. The minimum Gasteiger partial charge on any atom is -0.385 e. The van der Waals surface area contributed by atoms with E-state index in [2.05, 4.69) is 15.5 Å². The van der Waals surface area contributed by atoms with Gasteiger partial charge in [-0.3, -0.25) is 9.78 Å². The fourth-order valence-corrected chi connectivity index (χ4v) is 2.32. The van der Waals surface area contributed by atoms with Crippen LogP contribution in [0.25, 0.3) is 11.3 Å². The first-order chi connectivity index (χ1) is 10.2. The lowest BCUT2D eigenvalue weighted by Crippen LogP contribution is -2.39. The van der Waals surface area contributed by atoms with Crippen LogP contribution in [-0.4, -0.2) is 27.2 Å². The van der Waals surface area contributed by atoms with E-state index in [0.29, 0.717) is 16.8 Å². The maximum absolute atomic E-state index is 12.5. The number of nitrogens with zero attached hydrogens (tertiary/aromatic N) is 2. The van der Waals surface area contributed by atoms with Crippen LogP contribution >= 0.6 is 0 Å². The molecule has 0 radical (unpaired) electrons. The van der Waals surface area contributed by atoms with E-state index in [9.17, 15) is 9.90 Å². The molecule has 0 bridgehead atoms. The maximum atomic E-state index is 12.5. The number of aliphatic hydroxyl groups is 1. The number of carbonyl (C=O) groups is 1. The van der Waals surface area contributed by atoms with Gasteiger partial charge in [-0.15, -0.1) is 0 Å². The molecule has 0 aliphatic heterocycles. The van der Waals surface area contributed by atoms with Gasteiger partial charge >= 0.3 is 0 Å². The van der Waals surface area contributed by atoms with Crippen LogP contribution < -0.4 is 5.32 Å². The lowest BCUT2D eigenvalue weighted by Gasteiger charge is -2.26. The molecule has 1 aliphatic carbocycles. The highest BCUT2D eigenvalue weighted by atomic mass is 16.5. The van der Waals surface area contributed by atoms with Crippen LogP contribution in [-0.2, 0) is 0 Å². The number of aliphatic hydroxyl groups excluding tert-OH is 1. The summed E-state index contributed by atoms with van der Waals surface area (Å²) in [5.74, 6) is -0.0682. The van der Waals surface area contributed by atoms with Crippen molar-refractivity contribution >= 4 is 5.91 Å². The molecule has 1 amide bonds.